The molecule has 1 atom stereocenters. The highest BCUT2D eigenvalue weighted by atomic mass is 31.2. The summed E-state index contributed by atoms with van der Waals surface area (Å²) in [6, 6.07) is 15.3. The standard InChI is InChI=1S/C19H21N2O5P/c22-18(23)14-21-12-4-5-13-26-27(21,25)17-10-8-16(9-11-17)20-19(24)15-6-2-1-3-7-15/h1-3,6-11H,4-5,12-14H2,(H,20,24)(H,22,23). The molecule has 2 aromatic rings. The van der Waals surface area contributed by atoms with Crippen molar-refractivity contribution in [3.63, 3.8) is 0 Å². The second-order valence-corrected chi connectivity index (χ2v) is 8.59. The lowest BCUT2D eigenvalue weighted by Crippen LogP contribution is -2.31. The fourth-order valence-electron chi connectivity index (χ4n) is 2.89. The van der Waals surface area contributed by atoms with Crippen molar-refractivity contribution in [3.8, 4) is 0 Å². The Kier molecular flexibility index (Phi) is 6.06. The van der Waals surface area contributed by atoms with Crippen molar-refractivity contribution < 1.29 is 23.8 Å². The summed E-state index contributed by atoms with van der Waals surface area (Å²) in [6.07, 6.45) is 1.45. The number of benzene rings is 2. The molecule has 0 radical (unpaired) electrons. The van der Waals surface area contributed by atoms with E-state index in [-0.39, 0.29) is 12.5 Å². The molecule has 3 rings (SSSR count). The summed E-state index contributed by atoms with van der Waals surface area (Å²) in [5.74, 6) is -1.29. The van der Waals surface area contributed by atoms with E-state index in [0.717, 1.165) is 12.8 Å². The van der Waals surface area contributed by atoms with E-state index in [0.29, 0.717) is 29.7 Å². The Hall–Kier alpha value is -2.47. The van der Waals surface area contributed by atoms with Crippen LogP contribution in [0.2, 0.25) is 0 Å². The topological polar surface area (TPSA) is 95.9 Å². The van der Waals surface area contributed by atoms with Gasteiger partial charge in [-0.25, -0.2) is 4.67 Å². The first-order valence-electron chi connectivity index (χ1n) is 8.68. The van der Waals surface area contributed by atoms with Gasteiger partial charge in [-0.05, 0) is 49.2 Å². The fourth-order valence-corrected chi connectivity index (χ4v) is 5.14. The summed E-state index contributed by atoms with van der Waals surface area (Å²) >= 11 is 0. The number of anilines is 1. The first kappa shape index (κ1) is 19.3. The first-order chi connectivity index (χ1) is 13.0. The van der Waals surface area contributed by atoms with Crippen LogP contribution in [0, 0.1) is 0 Å². The zero-order chi connectivity index (χ0) is 19.3. The predicted octanol–water partition coefficient (Wildman–Crippen LogP) is 2.95. The number of carboxylic acid groups (broad SMARTS) is 1. The molecule has 1 heterocycles. The summed E-state index contributed by atoms with van der Waals surface area (Å²) < 4.78 is 20.4. The van der Waals surface area contributed by atoms with Gasteiger partial charge in [0.2, 0.25) is 0 Å². The van der Waals surface area contributed by atoms with Gasteiger partial charge in [-0.2, -0.15) is 0 Å². The zero-order valence-corrected chi connectivity index (χ0v) is 15.6. The second kappa shape index (κ2) is 8.48. The van der Waals surface area contributed by atoms with E-state index in [2.05, 4.69) is 5.32 Å². The van der Waals surface area contributed by atoms with Gasteiger partial charge in [-0.3, -0.25) is 14.2 Å². The predicted molar refractivity (Wildman–Crippen MR) is 102 cm³/mol. The number of carboxylic acids is 1. The van der Waals surface area contributed by atoms with Gasteiger partial charge in [0.05, 0.1) is 11.9 Å². The van der Waals surface area contributed by atoms with Gasteiger partial charge in [-0.15, -0.1) is 0 Å². The van der Waals surface area contributed by atoms with E-state index >= 15 is 0 Å². The molecule has 2 aromatic carbocycles. The van der Waals surface area contributed by atoms with E-state index in [1.54, 1.807) is 48.5 Å². The molecule has 0 aromatic heterocycles. The van der Waals surface area contributed by atoms with Crippen molar-refractivity contribution in [2.45, 2.75) is 12.8 Å². The molecule has 7 nitrogen and oxygen atoms in total. The van der Waals surface area contributed by atoms with Crippen LogP contribution in [0.5, 0.6) is 0 Å². The largest absolute Gasteiger partial charge is 0.480 e. The summed E-state index contributed by atoms with van der Waals surface area (Å²) in [5, 5.41) is 12.3. The van der Waals surface area contributed by atoms with Crippen LogP contribution in [0.4, 0.5) is 5.69 Å². The van der Waals surface area contributed by atoms with Crippen LogP contribution in [0.15, 0.2) is 54.6 Å². The van der Waals surface area contributed by atoms with Gasteiger partial charge in [-0.1, -0.05) is 18.2 Å². The zero-order valence-electron chi connectivity index (χ0n) is 14.7. The van der Waals surface area contributed by atoms with Crippen LogP contribution in [0.3, 0.4) is 0 Å². The molecule has 0 saturated carbocycles. The average molecular weight is 388 g/mol. The lowest BCUT2D eigenvalue weighted by molar-refractivity contribution is -0.137. The van der Waals surface area contributed by atoms with Crippen molar-refractivity contribution >= 4 is 30.4 Å². The number of rotatable bonds is 5. The van der Waals surface area contributed by atoms with Crippen LogP contribution in [-0.4, -0.2) is 41.3 Å². The monoisotopic (exact) mass is 388 g/mol. The average Bonchev–Trinajstić information content (AvgIpc) is 2.85. The highest BCUT2D eigenvalue weighted by Gasteiger charge is 2.36. The van der Waals surface area contributed by atoms with Crippen LogP contribution in [-0.2, 0) is 13.9 Å². The lowest BCUT2D eigenvalue weighted by atomic mass is 10.2. The van der Waals surface area contributed by atoms with Crippen molar-refractivity contribution in [1.82, 2.24) is 4.67 Å². The number of hydrogen-bond acceptors (Lipinski definition) is 4. The van der Waals surface area contributed by atoms with Gasteiger partial charge in [0.1, 0.15) is 6.54 Å². The Morgan fingerprint density at radius 1 is 1.07 bits per heavy atom. The van der Waals surface area contributed by atoms with Crippen molar-refractivity contribution in [1.29, 1.82) is 0 Å². The minimum atomic E-state index is -3.45. The third kappa shape index (κ3) is 4.63. The van der Waals surface area contributed by atoms with Crippen molar-refractivity contribution in [2.24, 2.45) is 0 Å². The van der Waals surface area contributed by atoms with E-state index in [4.69, 9.17) is 9.63 Å². The number of nitrogens with zero attached hydrogens (tertiary/aromatic N) is 1. The summed E-state index contributed by atoms with van der Waals surface area (Å²) in [7, 11) is -3.45. The molecule has 1 saturated heterocycles. The third-order valence-corrected chi connectivity index (χ3v) is 6.82. The molecule has 1 amide bonds. The molecule has 27 heavy (non-hydrogen) atoms. The molecule has 0 aliphatic carbocycles. The quantitative estimate of drug-likeness (QED) is 0.765. The maximum Gasteiger partial charge on any atom is 0.318 e. The van der Waals surface area contributed by atoms with Crippen molar-refractivity contribution in [3.05, 3.63) is 60.2 Å². The molecular weight excluding hydrogens is 367 g/mol. The molecule has 1 aliphatic rings. The normalized spacial score (nSPS) is 20.6. The van der Waals surface area contributed by atoms with E-state index in [1.165, 1.54) is 4.67 Å². The summed E-state index contributed by atoms with van der Waals surface area (Å²) in [4.78, 5) is 23.4. The molecule has 1 aliphatic heterocycles. The highest BCUT2D eigenvalue weighted by Crippen LogP contribution is 2.51. The maximum absolute atomic E-state index is 13.4. The van der Waals surface area contributed by atoms with Gasteiger partial charge in [0, 0.05) is 17.8 Å². The van der Waals surface area contributed by atoms with E-state index < -0.39 is 13.5 Å². The third-order valence-electron chi connectivity index (χ3n) is 4.25. The molecule has 1 fully saturated rings. The van der Waals surface area contributed by atoms with E-state index in [9.17, 15) is 14.2 Å². The van der Waals surface area contributed by atoms with Crippen LogP contribution in [0.1, 0.15) is 23.2 Å². The van der Waals surface area contributed by atoms with Crippen LogP contribution in [0.25, 0.3) is 0 Å². The SMILES string of the molecule is O=C(O)CN1CCCCOP1(=O)c1ccc(NC(=O)c2ccccc2)cc1. The maximum atomic E-state index is 13.4. The summed E-state index contributed by atoms with van der Waals surface area (Å²) in [5.41, 5.74) is 1.09. The molecule has 0 spiro atoms. The molecule has 2 N–H and O–H groups in total. The molecule has 8 heteroatoms. The Morgan fingerprint density at radius 3 is 2.44 bits per heavy atom. The highest BCUT2D eigenvalue weighted by molar-refractivity contribution is 7.64. The molecule has 142 valence electrons. The van der Waals surface area contributed by atoms with Crippen LogP contribution < -0.4 is 10.6 Å². The number of aliphatic carboxylic acids is 1. The number of hydrogen-bond donors (Lipinski definition) is 2. The molecular formula is C19H21N2O5P. The first-order valence-corrected chi connectivity index (χ1v) is 10.3. The Bertz CT molecular complexity index is 854. The second-order valence-electron chi connectivity index (χ2n) is 6.21. The lowest BCUT2D eigenvalue weighted by Gasteiger charge is -2.27. The van der Waals surface area contributed by atoms with Gasteiger partial charge in [0.15, 0.2) is 0 Å². The minimum absolute atomic E-state index is 0.242. The van der Waals surface area contributed by atoms with E-state index in [1.807, 2.05) is 6.07 Å². The summed E-state index contributed by atoms with van der Waals surface area (Å²) in [6.45, 7) is 0.375. The van der Waals surface area contributed by atoms with Gasteiger partial charge >= 0.3 is 13.5 Å². The van der Waals surface area contributed by atoms with Crippen LogP contribution >= 0.6 is 7.52 Å². The Balaban J connectivity index is 1.79. The Labute approximate surface area is 157 Å². The number of carbonyl (C=O) groups excluding carboxylic acids is 1. The minimum Gasteiger partial charge on any atom is -0.480 e. The molecule has 0 bridgehead atoms. The van der Waals surface area contributed by atoms with Crippen molar-refractivity contribution in [2.75, 3.05) is 25.0 Å². The van der Waals surface area contributed by atoms with Gasteiger partial charge < -0.3 is 14.9 Å². The number of nitrogens with one attached hydrogen (secondary N) is 1. The molecule has 1 unspecified atom stereocenters. The smallest absolute Gasteiger partial charge is 0.318 e. The fraction of sp³-hybridized carbons (Fsp3) is 0.263. The number of carbonyl (C=O) groups is 2. The number of amides is 1. The Morgan fingerprint density at radius 2 is 1.78 bits per heavy atom. The van der Waals surface area contributed by atoms with Gasteiger partial charge in [0.25, 0.3) is 5.91 Å².